The minimum Gasteiger partial charge on any atom is -0.478 e. The van der Waals surface area contributed by atoms with Gasteiger partial charge in [-0.1, -0.05) is 17.7 Å². The van der Waals surface area contributed by atoms with Crippen molar-refractivity contribution in [3.8, 4) is 0 Å². The first kappa shape index (κ1) is 21.5. The lowest BCUT2D eigenvalue weighted by Crippen LogP contribution is -2.22. The molecule has 0 bridgehead atoms. The molecule has 3 N–H and O–H groups in total. The van der Waals surface area contributed by atoms with Crippen molar-refractivity contribution in [3.05, 3.63) is 65.2 Å². The first-order chi connectivity index (χ1) is 13.2. The number of anilines is 2. The molecule has 0 fully saturated rings. The summed E-state index contributed by atoms with van der Waals surface area (Å²) in [4.78, 5) is 35.7. The zero-order chi connectivity index (χ0) is 20.7. The number of hydrogen-bond acceptors (Lipinski definition) is 4. The molecule has 1 atom stereocenters. The molecule has 0 radical (unpaired) electrons. The molecule has 28 heavy (non-hydrogen) atoms. The van der Waals surface area contributed by atoms with Gasteiger partial charge in [-0.15, -0.1) is 11.8 Å². The molecule has 2 aromatic rings. The van der Waals surface area contributed by atoms with Crippen LogP contribution in [0.3, 0.4) is 0 Å². The summed E-state index contributed by atoms with van der Waals surface area (Å²) < 4.78 is 0. The van der Waals surface area contributed by atoms with E-state index in [1.54, 1.807) is 55.5 Å². The van der Waals surface area contributed by atoms with Crippen molar-refractivity contribution in [1.82, 2.24) is 0 Å². The van der Waals surface area contributed by atoms with Gasteiger partial charge >= 0.3 is 5.97 Å². The molecule has 0 aliphatic rings. The summed E-state index contributed by atoms with van der Waals surface area (Å²) in [6.45, 7) is 3.14. The highest BCUT2D eigenvalue weighted by Gasteiger charge is 2.15. The van der Waals surface area contributed by atoms with Gasteiger partial charge in [-0.2, -0.15) is 0 Å². The minimum atomic E-state index is -1.15. The number of hydrogen-bond donors (Lipinski definition) is 3. The van der Waals surface area contributed by atoms with Gasteiger partial charge in [0.05, 0.1) is 5.25 Å². The molecule has 0 saturated heterocycles. The van der Waals surface area contributed by atoms with Crippen LogP contribution >= 0.6 is 23.4 Å². The normalized spacial score (nSPS) is 12.2. The predicted octanol–water partition coefficient (Wildman–Crippen LogP) is 4.43. The Bertz CT molecular complexity index is 913. The largest absolute Gasteiger partial charge is 0.478 e. The van der Waals surface area contributed by atoms with Crippen molar-refractivity contribution in [3.63, 3.8) is 0 Å². The van der Waals surface area contributed by atoms with E-state index in [9.17, 15) is 14.4 Å². The van der Waals surface area contributed by atoms with Gasteiger partial charge < -0.3 is 15.7 Å². The van der Waals surface area contributed by atoms with E-state index in [1.165, 1.54) is 18.7 Å². The lowest BCUT2D eigenvalue weighted by Gasteiger charge is -2.12. The van der Waals surface area contributed by atoms with Gasteiger partial charge in [0.15, 0.2) is 0 Å². The van der Waals surface area contributed by atoms with Crippen molar-refractivity contribution in [2.45, 2.75) is 24.0 Å². The monoisotopic (exact) mass is 418 g/mol. The molecule has 0 heterocycles. The summed E-state index contributed by atoms with van der Waals surface area (Å²) in [7, 11) is 0. The summed E-state index contributed by atoms with van der Waals surface area (Å²) in [5.41, 5.74) is 1.11. The lowest BCUT2D eigenvalue weighted by atomic mass is 10.2. The standard InChI is InChI=1S/C20H19ClN2O4S/c1-12(20(26)27)10-18(24)22-15-6-8-17(9-7-15)28-13(2)19(25)23-16-5-3-4-14(21)11-16/h3-11,13H,1-2H3,(H,22,24)(H,23,25)(H,26,27)/b12-10-/t13-/m0/s1. The van der Waals surface area contributed by atoms with Gasteiger partial charge in [0, 0.05) is 32.9 Å². The van der Waals surface area contributed by atoms with Crippen LogP contribution in [0.1, 0.15) is 13.8 Å². The van der Waals surface area contributed by atoms with Crippen LogP contribution in [0.15, 0.2) is 65.1 Å². The molecule has 0 aromatic heterocycles. The fourth-order valence-corrected chi connectivity index (χ4v) is 3.18. The first-order valence-electron chi connectivity index (χ1n) is 8.30. The number of aliphatic carboxylic acids is 1. The Morgan fingerprint density at radius 2 is 1.75 bits per heavy atom. The molecular formula is C20H19ClN2O4S. The molecule has 2 aromatic carbocycles. The molecule has 2 rings (SSSR count). The van der Waals surface area contributed by atoms with Crippen molar-refractivity contribution >= 4 is 52.5 Å². The van der Waals surface area contributed by atoms with E-state index < -0.39 is 11.9 Å². The molecule has 146 valence electrons. The fraction of sp³-hybridized carbons (Fsp3) is 0.150. The van der Waals surface area contributed by atoms with Gasteiger partial charge in [-0.05, 0) is 56.3 Å². The Balaban J connectivity index is 1.92. The van der Waals surface area contributed by atoms with Crippen LogP contribution in [0, 0.1) is 0 Å². The third kappa shape index (κ3) is 6.75. The van der Waals surface area contributed by atoms with Crippen LogP contribution in [0.2, 0.25) is 5.02 Å². The number of thioether (sulfide) groups is 1. The van der Waals surface area contributed by atoms with Crippen molar-refractivity contribution in [2.75, 3.05) is 10.6 Å². The minimum absolute atomic E-state index is 0.0517. The van der Waals surface area contributed by atoms with Crippen LogP contribution in [0.4, 0.5) is 11.4 Å². The summed E-state index contributed by atoms with van der Waals surface area (Å²) in [5.74, 6) is -1.82. The number of rotatable bonds is 7. The van der Waals surface area contributed by atoms with Crippen LogP contribution in [0.5, 0.6) is 0 Å². The lowest BCUT2D eigenvalue weighted by molar-refractivity contribution is -0.132. The molecule has 8 heteroatoms. The smallest absolute Gasteiger partial charge is 0.331 e. The van der Waals surface area contributed by atoms with E-state index in [0.29, 0.717) is 16.4 Å². The average molecular weight is 419 g/mol. The molecule has 0 unspecified atom stereocenters. The van der Waals surface area contributed by atoms with E-state index in [4.69, 9.17) is 16.7 Å². The Labute approximate surface area is 172 Å². The number of carboxylic acids is 1. The third-order valence-electron chi connectivity index (χ3n) is 3.58. The Hall–Kier alpha value is -2.77. The molecule has 2 amide bonds. The number of carbonyl (C=O) groups excluding carboxylic acids is 2. The van der Waals surface area contributed by atoms with Gasteiger partial charge in [0.1, 0.15) is 0 Å². The Morgan fingerprint density at radius 1 is 1.07 bits per heavy atom. The van der Waals surface area contributed by atoms with E-state index >= 15 is 0 Å². The summed E-state index contributed by atoms with van der Waals surface area (Å²) in [5, 5.41) is 14.4. The van der Waals surface area contributed by atoms with Crippen molar-refractivity contribution in [1.29, 1.82) is 0 Å². The van der Waals surface area contributed by atoms with Gasteiger partial charge in [0.2, 0.25) is 11.8 Å². The van der Waals surface area contributed by atoms with Crippen LogP contribution in [0.25, 0.3) is 0 Å². The van der Waals surface area contributed by atoms with E-state index in [0.717, 1.165) is 11.0 Å². The highest BCUT2D eigenvalue weighted by atomic mass is 35.5. The third-order valence-corrected chi connectivity index (χ3v) is 4.93. The van der Waals surface area contributed by atoms with Crippen molar-refractivity contribution < 1.29 is 19.5 Å². The molecular weight excluding hydrogens is 400 g/mol. The zero-order valence-corrected chi connectivity index (χ0v) is 16.8. The first-order valence-corrected chi connectivity index (χ1v) is 9.56. The number of carbonyl (C=O) groups is 3. The maximum atomic E-state index is 12.3. The van der Waals surface area contributed by atoms with E-state index in [2.05, 4.69) is 10.6 Å². The van der Waals surface area contributed by atoms with Gasteiger partial charge in [0.25, 0.3) is 0 Å². The number of carboxylic acid groups (broad SMARTS) is 1. The zero-order valence-electron chi connectivity index (χ0n) is 15.2. The average Bonchev–Trinajstić information content (AvgIpc) is 2.63. The summed E-state index contributed by atoms with van der Waals surface area (Å²) in [6, 6.07) is 13.9. The molecule has 0 aliphatic heterocycles. The number of amides is 2. The Kier molecular flexibility index (Phi) is 7.66. The second-order valence-corrected chi connectivity index (χ2v) is 7.76. The van der Waals surface area contributed by atoms with Gasteiger partial charge in [-0.25, -0.2) is 4.79 Å². The Morgan fingerprint density at radius 3 is 2.36 bits per heavy atom. The highest BCUT2D eigenvalue weighted by Crippen LogP contribution is 2.26. The van der Waals surface area contributed by atoms with Crippen LogP contribution in [-0.2, 0) is 14.4 Å². The predicted molar refractivity (Wildman–Crippen MR) is 112 cm³/mol. The SMILES string of the molecule is C/C(=C/C(=O)Nc1ccc(S[C@@H](C)C(=O)Nc2cccc(Cl)c2)cc1)C(=O)O. The molecule has 0 saturated carbocycles. The van der Waals surface area contributed by atoms with E-state index in [1.807, 2.05) is 0 Å². The number of nitrogens with one attached hydrogen (secondary N) is 2. The fourth-order valence-electron chi connectivity index (χ4n) is 2.12. The van der Waals surface area contributed by atoms with Crippen LogP contribution in [-0.4, -0.2) is 28.1 Å². The molecule has 0 aliphatic carbocycles. The number of halogens is 1. The van der Waals surface area contributed by atoms with Gasteiger partial charge in [-0.3, -0.25) is 9.59 Å². The maximum absolute atomic E-state index is 12.3. The maximum Gasteiger partial charge on any atom is 0.331 e. The molecule has 6 nitrogen and oxygen atoms in total. The quantitative estimate of drug-likeness (QED) is 0.456. The second kappa shape index (κ2) is 9.96. The highest BCUT2D eigenvalue weighted by molar-refractivity contribution is 8.00. The van der Waals surface area contributed by atoms with Crippen LogP contribution < -0.4 is 10.6 Å². The van der Waals surface area contributed by atoms with Crippen molar-refractivity contribution in [2.24, 2.45) is 0 Å². The summed E-state index contributed by atoms with van der Waals surface area (Å²) >= 11 is 7.28. The van der Waals surface area contributed by atoms with E-state index in [-0.39, 0.29) is 16.7 Å². The number of benzene rings is 2. The second-order valence-electron chi connectivity index (χ2n) is 5.91. The molecule has 0 spiro atoms. The summed E-state index contributed by atoms with van der Waals surface area (Å²) in [6.07, 6.45) is 1.02. The topological polar surface area (TPSA) is 95.5 Å².